The van der Waals surface area contributed by atoms with E-state index in [9.17, 15) is 23.8 Å². The van der Waals surface area contributed by atoms with Gasteiger partial charge in [-0.05, 0) is 6.07 Å². The Hall–Kier alpha value is -3.29. The second-order valence-corrected chi connectivity index (χ2v) is 7.00. The van der Waals surface area contributed by atoms with E-state index >= 15 is 0 Å². The van der Waals surface area contributed by atoms with E-state index in [4.69, 9.17) is 20.6 Å². The van der Waals surface area contributed by atoms with Crippen molar-refractivity contribution in [2.75, 3.05) is 18.0 Å². The SMILES string of the molecule is BC(O)(O)OC1CN(c2ncc(-c3cccc(COC(=O)NC(=N)N)c3F)cc2F)C1. The lowest BCUT2D eigenvalue weighted by Crippen LogP contribution is -2.56. The first kappa shape index (κ1) is 22.4. The van der Waals surface area contributed by atoms with Gasteiger partial charge in [-0.2, -0.15) is 0 Å². The minimum Gasteiger partial charge on any atom is -0.444 e. The molecule has 0 saturated carbocycles. The van der Waals surface area contributed by atoms with E-state index in [-0.39, 0.29) is 35.6 Å². The van der Waals surface area contributed by atoms with Gasteiger partial charge in [-0.15, -0.1) is 0 Å². The maximum Gasteiger partial charge on any atom is 0.414 e. The molecule has 1 aromatic carbocycles. The molecule has 6 N–H and O–H groups in total. The molecule has 1 amide bonds. The Morgan fingerprint density at radius 2 is 2.13 bits per heavy atom. The highest BCUT2D eigenvalue weighted by atomic mass is 19.1. The van der Waals surface area contributed by atoms with Crippen molar-refractivity contribution >= 4 is 25.7 Å². The number of rotatable bonds is 6. The Labute approximate surface area is 176 Å². The standard InChI is InChI=1S/C18H20BF2N5O5/c19-18(28,29)31-11-6-26(7-11)15-13(20)4-10(5-24-15)12-3-1-2-9(14(12)21)8-30-17(27)25-16(22)23/h1-5,11,28-29H,6-8,19H2,(H4,22,23,25,27). The molecule has 1 fully saturated rings. The number of nitrogens with two attached hydrogens (primary N) is 1. The number of benzene rings is 1. The van der Waals surface area contributed by atoms with Gasteiger partial charge in [0, 0.05) is 36.0 Å². The van der Waals surface area contributed by atoms with Gasteiger partial charge in [0.2, 0.25) is 13.7 Å². The molecule has 0 spiro atoms. The number of hydrogen-bond donors (Lipinski definition) is 5. The number of nitrogens with one attached hydrogen (secondary N) is 2. The van der Waals surface area contributed by atoms with E-state index in [2.05, 4.69) is 4.98 Å². The van der Waals surface area contributed by atoms with Crippen LogP contribution >= 0.6 is 0 Å². The van der Waals surface area contributed by atoms with Gasteiger partial charge in [-0.1, -0.05) is 18.2 Å². The van der Waals surface area contributed by atoms with Gasteiger partial charge >= 0.3 is 6.09 Å². The molecule has 0 atom stereocenters. The van der Waals surface area contributed by atoms with Crippen LogP contribution in [-0.4, -0.2) is 60.2 Å². The lowest BCUT2D eigenvalue weighted by molar-refractivity contribution is -0.297. The maximum atomic E-state index is 14.8. The van der Waals surface area contributed by atoms with Crippen LogP contribution in [0.3, 0.4) is 0 Å². The predicted octanol–water partition coefficient (Wildman–Crippen LogP) is -0.419. The smallest absolute Gasteiger partial charge is 0.414 e. The largest absolute Gasteiger partial charge is 0.444 e. The summed E-state index contributed by atoms with van der Waals surface area (Å²) in [6, 6.07) is 5.48. The van der Waals surface area contributed by atoms with Crippen LogP contribution in [0.15, 0.2) is 30.5 Å². The first-order valence-corrected chi connectivity index (χ1v) is 9.12. The molecule has 10 nitrogen and oxygen atoms in total. The molecular formula is C18H20BF2N5O5. The number of nitrogens with zero attached hydrogens (tertiary/aromatic N) is 2. The van der Waals surface area contributed by atoms with Crippen molar-refractivity contribution in [3.63, 3.8) is 0 Å². The molecule has 164 valence electrons. The lowest BCUT2D eigenvalue weighted by Gasteiger charge is -2.41. The van der Waals surface area contributed by atoms with E-state index in [0.29, 0.717) is 0 Å². The summed E-state index contributed by atoms with van der Waals surface area (Å²) in [5.41, 5.74) is 5.30. The third kappa shape index (κ3) is 5.66. The van der Waals surface area contributed by atoms with Crippen molar-refractivity contribution in [1.29, 1.82) is 5.41 Å². The highest BCUT2D eigenvalue weighted by molar-refractivity contribution is 6.11. The van der Waals surface area contributed by atoms with Gasteiger partial charge in [0.15, 0.2) is 17.6 Å². The van der Waals surface area contributed by atoms with E-state index in [1.165, 1.54) is 24.4 Å². The van der Waals surface area contributed by atoms with Crippen LogP contribution in [0.1, 0.15) is 5.56 Å². The normalized spacial score (nSPS) is 14.1. The third-order valence-corrected chi connectivity index (χ3v) is 4.34. The fraction of sp³-hybridized carbons (Fsp3) is 0.278. The van der Waals surface area contributed by atoms with Gasteiger partial charge in [0.1, 0.15) is 12.4 Å². The number of guanidine groups is 1. The zero-order chi connectivity index (χ0) is 22.8. The summed E-state index contributed by atoms with van der Waals surface area (Å²) in [7, 11) is 1.08. The van der Waals surface area contributed by atoms with E-state index in [1.54, 1.807) is 4.90 Å². The number of alkyl carbamates (subject to hydrolysis) is 1. The number of hydrogen-bond acceptors (Lipinski definition) is 8. The van der Waals surface area contributed by atoms with Crippen molar-refractivity contribution in [3.05, 3.63) is 47.7 Å². The van der Waals surface area contributed by atoms with Crippen LogP contribution in [0.25, 0.3) is 11.1 Å². The van der Waals surface area contributed by atoms with Gasteiger partial charge < -0.3 is 30.3 Å². The number of pyridine rings is 1. The average molecular weight is 435 g/mol. The fourth-order valence-electron chi connectivity index (χ4n) is 3.02. The number of ether oxygens (including phenoxy) is 2. The zero-order valence-corrected chi connectivity index (χ0v) is 16.4. The van der Waals surface area contributed by atoms with Gasteiger partial charge in [0.05, 0.1) is 6.10 Å². The number of carbonyl (C=O) groups is 1. The molecule has 0 radical (unpaired) electrons. The molecule has 1 aliphatic rings. The van der Waals surface area contributed by atoms with Gasteiger partial charge in [-0.3, -0.25) is 10.7 Å². The van der Waals surface area contributed by atoms with E-state index in [0.717, 1.165) is 13.9 Å². The van der Waals surface area contributed by atoms with E-state index < -0.39 is 42.3 Å². The van der Waals surface area contributed by atoms with Crippen molar-refractivity contribution in [2.45, 2.75) is 18.6 Å². The fourth-order valence-corrected chi connectivity index (χ4v) is 3.02. The molecular weight excluding hydrogens is 415 g/mol. The number of anilines is 1. The molecule has 1 saturated heterocycles. The molecule has 31 heavy (non-hydrogen) atoms. The summed E-state index contributed by atoms with van der Waals surface area (Å²) < 4.78 is 39.2. The molecule has 2 heterocycles. The Morgan fingerprint density at radius 1 is 1.42 bits per heavy atom. The van der Waals surface area contributed by atoms with Crippen LogP contribution in [0.2, 0.25) is 0 Å². The molecule has 3 rings (SSSR count). The summed E-state index contributed by atoms with van der Waals surface area (Å²) in [6.45, 7) is 0.00353. The van der Waals surface area contributed by atoms with Crippen molar-refractivity contribution in [3.8, 4) is 11.1 Å². The summed E-state index contributed by atoms with van der Waals surface area (Å²) in [6.07, 6.45) is -0.190. The first-order chi connectivity index (χ1) is 14.5. The van der Waals surface area contributed by atoms with Crippen LogP contribution in [0, 0.1) is 17.0 Å². The topological polar surface area (TPSA) is 154 Å². The molecule has 0 bridgehead atoms. The van der Waals surface area contributed by atoms with Crippen molar-refractivity contribution in [2.24, 2.45) is 5.73 Å². The first-order valence-electron chi connectivity index (χ1n) is 9.12. The Balaban J connectivity index is 1.70. The zero-order valence-electron chi connectivity index (χ0n) is 16.4. The lowest BCUT2D eigenvalue weighted by atomic mass is 10.0. The summed E-state index contributed by atoms with van der Waals surface area (Å²) in [5.74, 6) is -4.25. The summed E-state index contributed by atoms with van der Waals surface area (Å²) in [5, 5.41) is 27.3. The number of carbonyl (C=O) groups excluding carboxylic acids is 1. The average Bonchev–Trinajstić information content (AvgIpc) is 2.62. The van der Waals surface area contributed by atoms with E-state index in [1.807, 2.05) is 5.32 Å². The minimum absolute atomic E-state index is 0.0296. The quantitative estimate of drug-likeness (QED) is 0.178. The Bertz CT molecular complexity index is 998. The van der Waals surface area contributed by atoms with Crippen LogP contribution in [0.4, 0.5) is 19.4 Å². The Morgan fingerprint density at radius 3 is 2.74 bits per heavy atom. The second kappa shape index (κ2) is 8.84. The van der Waals surface area contributed by atoms with Gasteiger partial charge in [-0.25, -0.2) is 18.6 Å². The molecule has 0 aliphatic carbocycles. The molecule has 1 aromatic heterocycles. The molecule has 0 unspecified atom stereocenters. The highest BCUT2D eigenvalue weighted by Gasteiger charge is 2.34. The van der Waals surface area contributed by atoms with Crippen molar-refractivity contribution < 1.29 is 33.3 Å². The summed E-state index contributed by atoms with van der Waals surface area (Å²) in [4.78, 5) is 17.0. The third-order valence-electron chi connectivity index (χ3n) is 4.34. The second-order valence-electron chi connectivity index (χ2n) is 7.00. The monoisotopic (exact) mass is 435 g/mol. The predicted molar refractivity (Wildman–Crippen MR) is 108 cm³/mol. The minimum atomic E-state index is -2.27. The van der Waals surface area contributed by atoms with Crippen LogP contribution < -0.4 is 16.0 Å². The molecule has 2 aromatic rings. The summed E-state index contributed by atoms with van der Waals surface area (Å²) >= 11 is 0. The molecule has 1 aliphatic heterocycles. The van der Waals surface area contributed by atoms with Gasteiger partial charge in [0.25, 0.3) is 0 Å². The highest BCUT2D eigenvalue weighted by Crippen LogP contribution is 2.30. The molecule has 13 heteroatoms. The number of amides is 1. The Kier molecular flexibility index (Phi) is 6.38. The van der Waals surface area contributed by atoms with Crippen LogP contribution in [-0.2, 0) is 16.1 Å². The maximum absolute atomic E-state index is 14.8. The number of aromatic nitrogens is 1. The van der Waals surface area contributed by atoms with Crippen LogP contribution in [0.5, 0.6) is 0 Å². The number of halogens is 2. The van der Waals surface area contributed by atoms with Crippen molar-refractivity contribution in [1.82, 2.24) is 10.3 Å². The number of aliphatic hydroxyl groups is 2.